The van der Waals surface area contributed by atoms with Crippen molar-refractivity contribution in [3.05, 3.63) is 34.4 Å². The smallest absolute Gasteiger partial charge is 0.508 e. The van der Waals surface area contributed by atoms with Gasteiger partial charge in [-0.25, -0.2) is 0 Å². The molecule has 0 saturated heterocycles. The SMILES string of the molecule is O=N[O-].Oc1ccc(O)cc1.[Na+]. The molecule has 2 N–H and O–H groups in total. The Kier molecular flexibility index (Phi) is 9.56. The second-order valence-electron chi connectivity index (χ2n) is 1.59. The van der Waals surface area contributed by atoms with Crippen molar-refractivity contribution in [1.29, 1.82) is 0 Å². The van der Waals surface area contributed by atoms with Crippen LogP contribution in [-0.2, 0) is 0 Å². The minimum atomic E-state index is 0. The molecule has 1 aromatic carbocycles. The monoisotopic (exact) mass is 179 g/mol. The van der Waals surface area contributed by atoms with Crippen molar-refractivity contribution in [3.63, 3.8) is 0 Å². The first-order valence-corrected chi connectivity index (χ1v) is 2.63. The van der Waals surface area contributed by atoms with E-state index >= 15 is 0 Å². The summed E-state index contributed by atoms with van der Waals surface area (Å²) in [5, 5.41) is 26.3. The second kappa shape index (κ2) is 8.32. The zero-order valence-corrected chi connectivity index (χ0v) is 8.47. The van der Waals surface area contributed by atoms with Crippen LogP contribution in [0.25, 0.3) is 0 Å². The maximum absolute atomic E-state index is 8.65. The minimum absolute atomic E-state index is 0. The van der Waals surface area contributed by atoms with Crippen molar-refractivity contribution in [3.8, 4) is 11.5 Å². The third-order valence-corrected chi connectivity index (χ3v) is 0.850. The van der Waals surface area contributed by atoms with Crippen LogP contribution in [-0.4, -0.2) is 10.2 Å². The van der Waals surface area contributed by atoms with Crippen LogP contribution in [0.15, 0.2) is 29.6 Å². The van der Waals surface area contributed by atoms with Gasteiger partial charge in [-0.3, -0.25) is 0 Å². The summed E-state index contributed by atoms with van der Waals surface area (Å²) in [7, 11) is 0. The molecule has 60 valence electrons. The third-order valence-electron chi connectivity index (χ3n) is 0.850. The number of hydrogen-bond acceptors (Lipinski definition) is 5. The maximum Gasteiger partial charge on any atom is 1.00 e. The molecule has 0 unspecified atom stereocenters. The molecule has 0 heterocycles. The van der Waals surface area contributed by atoms with Crippen LogP contribution in [0.2, 0.25) is 0 Å². The van der Waals surface area contributed by atoms with Crippen molar-refractivity contribution in [2.24, 2.45) is 5.34 Å². The topological polar surface area (TPSA) is 93.0 Å². The van der Waals surface area contributed by atoms with E-state index in [1.54, 1.807) is 0 Å². The molecule has 0 amide bonds. The van der Waals surface area contributed by atoms with Gasteiger partial charge in [-0.05, 0) is 24.3 Å². The van der Waals surface area contributed by atoms with E-state index in [9.17, 15) is 0 Å². The zero-order chi connectivity index (χ0) is 8.69. The van der Waals surface area contributed by atoms with Crippen LogP contribution >= 0.6 is 0 Å². The van der Waals surface area contributed by atoms with Gasteiger partial charge in [0.1, 0.15) is 11.5 Å². The molecule has 0 spiro atoms. The number of nitrogens with zero attached hydrogens (tertiary/aromatic N) is 1. The molecule has 5 nitrogen and oxygen atoms in total. The van der Waals surface area contributed by atoms with Gasteiger partial charge in [0, 0.05) is 0 Å². The molecule has 0 aliphatic rings. The van der Waals surface area contributed by atoms with Gasteiger partial charge in [0.15, 0.2) is 0 Å². The van der Waals surface area contributed by atoms with Crippen molar-refractivity contribution in [2.45, 2.75) is 0 Å². The molecule has 6 heteroatoms. The number of rotatable bonds is 0. The fourth-order valence-electron chi connectivity index (χ4n) is 0.453. The molecule has 12 heavy (non-hydrogen) atoms. The molecule has 0 bridgehead atoms. The number of phenolic OH excluding ortho intramolecular Hbond substituents is 2. The molecule has 0 aromatic heterocycles. The maximum atomic E-state index is 8.65. The summed E-state index contributed by atoms with van der Waals surface area (Å²) in [6.07, 6.45) is 0. The normalized spacial score (nSPS) is 7.00. The molecule has 1 rings (SSSR count). The van der Waals surface area contributed by atoms with Gasteiger partial charge < -0.3 is 20.3 Å². The van der Waals surface area contributed by atoms with E-state index in [2.05, 4.69) is 0 Å². The van der Waals surface area contributed by atoms with Crippen molar-refractivity contribution < 1.29 is 39.8 Å². The molecular weight excluding hydrogens is 173 g/mol. The van der Waals surface area contributed by atoms with Crippen LogP contribution in [0.3, 0.4) is 0 Å². The van der Waals surface area contributed by atoms with Crippen molar-refractivity contribution in [1.82, 2.24) is 0 Å². The third kappa shape index (κ3) is 7.33. The van der Waals surface area contributed by atoms with Gasteiger partial charge in [-0.15, -0.1) is 5.34 Å². The first kappa shape index (κ1) is 13.8. The van der Waals surface area contributed by atoms with E-state index in [1.807, 2.05) is 0 Å². The first-order chi connectivity index (χ1) is 5.20. The van der Waals surface area contributed by atoms with E-state index in [4.69, 9.17) is 20.3 Å². The van der Waals surface area contributed by atoms with Crippen molar-refractivity contribution >= 4 is 0 Å². The standard InChI is InChI=1S/C6H6O2.HNO2.Na/c7-5-1-2-6(8)4-3-5;2-1-3;/h1-4,7-8H;(H,2,3);/q;;+1/p-1. The van der Waals surface area contributed by atoms with Gasteiger partial charge in [-0.2, -0.15) is 0 Å². The number of aromatic hydroxyl groups is 2. The number of benzene rings is 1. The van der Waals surface area contributed by atoms with E-state index < -0.39 is 0 Å². The van der Waals surface area contributed by atoms with Gasteiger partial charge in [0.05, 0.1) is 0 Å². The summed E-state index contributed by atoms with van der Waals surface area (Å²) in [5.74, 6) is 0.339. The van der Waals surface area contributed by atoms with E-state index in [-0.39, 0.29) is 41.1 Å². The Bertz CT molecular complexity index is 192. The van der Waals surface area contributed by atoms with Crippen molar-refractivity contribution in [2.75, 3.05) is 0 Å². The van der Waals surface area contributed by atoms with E-state index in [1.165, 1.54) is 24.3 Å². The summed E-state index contributed by atoms with van der Waals surface area (Å²) in [5.41, 5.74) is 0. The summed E-state index contributed by atoms with van der Waals surface area (Å²) < 4.78 is 0. The Morgan fingerprint density at radius 3 is 1.42 bits per heavy atom. The fourth-order valence-corrected chi connectivity index (χ4v) is 0.453. The van der Waals surface area contributed by atoms with Gasteiger partial charge in [-0.1, -0.05) is 0 Å². The predicted molar refractivity (Wildman–Crippen MR) is 38.9 cm³/mol. The van der Waals surface area contributed by atoms with E-state index in [0.29, 0.717) is 0 Å². The summed E-state index contributed by atoms with van der Waals surface area (Å²) in [6, 6.07) is 5.70. The molecule has 1 aromatic rings. The fraction of sp³-hybridized carbons (Fsp3) is 0. The second-order valence-corrected chi connectivity index (χ2v) is 1.59. The predicted octanol–water partition coefficient (Wildman–Crippen LogP) is -1.65. The number of phenols is 2. The molecule has 0 saturated carbocycles. The average molecular weight is 179 g/mol. The molecule has 0 fully saturated rings. The van der Waals surface area contributed by atoms with Crippen LogP contribution in [0.1, 0.15) is 0 Å². The van der Waals surface area contributed by atoms with Gasteiger partial charge in [0.2, 0.25) is 0 Å². The minimum Gasteiger partial charge on any atom is -0.508 e. The Morgan fingerprint density at radius 2 is 1.25 bits per heavy atom. The summed E-state index contributed by atoms with van der Waals surface area (Å²) >= 11 is 0. The Hall–Kier alpha value is -0.780. The molecule has 0 aliphatic heterocycles. The Labute approximate surface area is 90.9 Å². The number of hydrogen-bond donors (Lipinski definition) is 2. The molecular formula is C6H6NNaO4. The van der Waals surface area contributed by atoms with Gasteiger partial charge in [0.25, 0.3) is 0 Å². The molecule has 0 atom stereocenters. The van der Waals surface area contributed by atoms with E-state index in [0.717, 1.165) is 5.34 Å². The summed E-state index contributed by atoms with van der Waals surface area (Å²) in [4.78, 5) is 8.00. The quantitative estimate of drug-likeness (QED) is 0.216. The first-order valence-electron chi connectivity index (χ1n) is 2.63. The molecule has 0 radical (unpaired) electrons. The van der Waals surface area contributed by atoms with Crippen LogP contribution in [0.4, 0.5) is 0 Å². The average Bonchev–Trinajstić information content (AvgIpc) is 1.97. The van der Waals surface area contributed by atoms with Crippen LogP contribution in [0, 0.1) is 10.1 Å². The Morgan fingerprint density at radius 1 is 1.08 bits per heavy atom. The largest absolute Gasteiger partial charge is 1.00 e. The van der Waals surface area contributed by atoms with Crippen LogP contribution in [0.5, 0.6) is 11.5 Å². The molecule has 0 aliphatic carbocycles. The van der Waals surface area contributed by atoms with Gasteiger partial charge >= 0.3 is 29.6 Å². The zero-order valence-electron chi connectivity index (χ0n) is 6.47. The summed E-state index contributed by atoms with van der Waals surface area (Å²) in [6.45, 7) is 0. The van der Waals surface area contributed by atoms with Crippen LogP contribution < -0.4 is 29.6 Å². The Balaban J connectivity index is 0.